The highest BCUT2D eigenvalue weighted by atomic mass is 79.9. The summed E-state index contributed by atoms with van der Waals surface area (Å²) in [4.78, 5) is 23.7. The molecule has 1 saturated carbocycles. The molecule has 0 aliphatic heterocycles. The van der Waals surface area contributed by atoms with E-state index >= 15 is 0 Å². The third kappa shape index (κ3) is 4.75. The smallest absolute Gasteiger partial charge is 0.261 e. The molecule has 1 aliphatic carbocycles. The monoisotopic (exact) mass is 411 g/mol. The predicted octanol–water partition coefficient (Wildman–Crippen LogP) is 3.98. The molecule has 0 heterocycles. The summed E-state index contributed by atoms with van der Waals surface area (Å²) in [5.41, 5.74) is 0.443. The molecule has 0 spiro atoms. The molecule has 0 radical (unpaired) electrons. The first kappa shape index (κ1) is 19.8. The molecule has 138 valence electrons. The van der Waals surface area contributed by atoms with Crippen LogP contribution in [0.15, 0.2) is 16.6 Å². The summed E-state index contributed by atoms with van der Waals surface area (Å²) in [5.74, 6) is 1.76. The van der Waals surface area contributed by atoms with Crippen LogP contribution < -0.4 is 14.8 Å². The Morgan fingerprint density at radius 1 is 1.32 bits per heavy atom. The van der Waals surface area contributed by atoms with E-state index in [1.54, 1.807) is 19.1 Å². The van der Waals surface area contributed by atoms with Crippen LogP contribution in [0.2, 0.25) is 0 Å². The van der Waals surface area contributed by atoms with Gasteiger partial charge in [-0.2, -0.15) is 0 Å². The van der Waals surface area contributed by atoms with Crippen LogP contribution in [-0.4, -0.2) is 31.4 Å². The summed E-state index contributed by atoms with van der Waals surface area (Å²) in [7, 11) is 1.52. The number of ether oxygens (including phenoxy) is 2. The van der Waals surface area contributed by atoms with E-state index in [-0.39, 0.29) is 11.9 Å². The van der Waals surface area contributed by atoms with Crippen LogP contribution >= 0.6 is 15.9 Å². The number of rotatable bonds is 6. The van der Waals surface area contributed by atoms with Crippen molar-refractivity contribution in [2.75, 3.05) is 7.11 Å². The van der Waals surface area contributed by atoms with Gasteiger partial charge in [0.1, 0.15) is 0 Å². The Bertz CT molecular complexity index is 634. The first-order valence-electron chi connectivity index (χ1n) is 8.67. The molecule has 4 atom stereocenters. The Hall–Kier alpha value is -1.56. The maximum Gasteiger partial charge on any atom is 0.261 e. The number of halogens is 1. The van der Waals surface area contributed by atoms with E-state index in [0.717, 1.165) is 19.1 Å². The topological polar surface area (TPSA) is 64.6 Å². The van der Waals surface area contributed by atoms with E-state index in [1.807, 2.05) is 0 Å². The number of methoxy groups -OCH3 is 1. The minimum atomic E-state index is -0.681. The molecule has 0 unspecified atom stereocenters. The standard InChI is InChI=1S/C19H26BrNO4/c1-11-6-5-7-16(12(11)2)21-19(23)13(3)25-18-8-14(10-22)15(20)9-17(18)24-4/h8-13,16H,5-7H2,1-4H3,(H,21,23)/t11-,12+,13+,16-/m0/s1. The minimum absolute atomic E-state index is 0.149. The SMILES string of the molecule is COc1cc(Br)c(C=O)cc1O[C@H](C)C(=O)N[C@H]1CCC[C@H](C)[C@H]1C. The van der Waals surface area contributed by atoms with Crippen molar-refractivity contribution < 1.29 is 19.1 Å². The molecule has 1 aliphatic rings. The summed E-state index contributed by atoms with van der Waals surface area (Å²) >= 11 is 3.31. The first-order chi connectivity index (χ1) is 11.9. The van der Waals surface area contributed by atoms with Gasteiger partial charge in [0, 0.05) is 16.1 Å². The van der Waals surface area contributed by atoms with E-state index in [2.05, 4.69) is 35.1 Å². The third-order valence-electron chi connectivity index (χ3n) is 5.12. The van der Waals surface area contributed by atoms with Gasteiger partial charge in [-0.1, -0.05) is 26.7 Å². The Morgan fingerprint density at radius 2 is 2.04 bits per heavy atom. The van der Waals surface area contributed by atoms with Crippen LogP contribution in [-0.2, 0) is 4.79 Å². The second kappa shape index (κ2) is 8.70. The zero-order chi connectivity index (χ0) is 18.6. The van der Waals surface area contributed by atoms with Gasteiger partial charge >= 0.3 is 0 Å². The zero-order valence-electron chi connectivity index (χ0n) is 15.2. The van der Waals surface area contributed by atoms with Crippen LogP contribution in [0.1, 0.15) is 50.4 Å². The van der Waals surface area contributed by atoms with Crippen molar-refractivity contribution in [3.8, 4) is 11.5 Å². The average molecular weight is 412 g/mol. The zero-order valence-corrected chi connectivity index (χ0v) is 16.8. The molecule has 2 rings (SSSR count). The van der Waals surface area contributed by atoms with Gasteiger partial charge < -0.3 is 14.8 Å². The van der Waals surface area contributed by atoms with Gasteiger partial charge in [-0.05, 0) is 53.2 Å². The van der Waals surface area contributed by atoms with Crippen molar-refractivity contribution in [3.63, 3.8) is 0 Å². The number of benzene rings is 1. The van der Waals surface area contributed by atoms with Gasteiger partial charge in [0.15, 0.2) is 23.9 Å². The van der Waals surface area contributed by atoms with E-state index in [9.17, 15) is 9.59 Å². The number of nitrogens with one attached hydrogen (secondary N) is 1. The molecule has 0 aromatic heterocycles. The molecule has 1 aromatic carbocycles. The van der Waals surface area contributed by atoms with Crippen molar-refractivity contribution in [2.24, 2.45) is 11.8 Å². The van der Waals surface area contributed by atoms with E-state index < -0.39 is 6.10 Å². The van der Waals surface area contributed by atoms with Gasteiger partial charge in [0.25, 0.3) is 5.91 Å². The number of hydrogen-bond donors (Lipinski definition) is 1. The lowest BCUT2D eigenvalue weighted by molar-refractivity contribution is -0.128. The van der Waals surface area contributed by atoms with Crippen molar-refractivity contribution >= 4 is 28.1 Å². The molecular weight excluding hydrogens is 386 g/mol. The molecule has 0 bridgehead atoms. The lowest BCUT2D eigenvalue weighted by Gasteiger charge is -2.35. The first-order valence-corrected chi connectivity index (χ1v) is 9.46. The van der Waals surface area contributed by atoms with Crippen LogP contribution in [0.5, 0.6) is 11.5 Å². The molecule has 0 saturated heterocycles. The summed E-state index contributed by atoms with van der Waals surface area (Å²) in [6, 6.07) is 3.42. The number of carbonyl (C=O) groups excluding carboxylic acids is 2. The van der Waals surface area contributed by atoms with Crippen LogP contribution in [0.25, 0.3) is 0 Å². The molecule has 1 aromatic rings. The summed E-state index contributed by atoms with van der Waals surface area (Å²) in [6.45, 7) is 6.12. The fourth-order valence-electron chi connectivity index (χ4n) is 3.22. The summed E-state index contributed by atoms with van der Waals surface area (Å²) in [5, 5.41) is 3.11. The van der Waals surface area contributed by atoms with Gasteiger partial charge in [-0.25, -0.2) is 0 Å². The molecule has 1 amide bonds. The van der Waals surface area contributed by atoms with Gasteiger partial charge in [-0.3, -0.25) is 9.59 Å². The molecule has 1 fully saturated rings. The van der Waals surface area contributed by atoms with Crippen molar-refractivity contribution in [3.05, 3.63) is 22.2 Å². The van der Waals surface area contributed by atoms with Crippen LogP contribution in [0.4, 0.5) is 0 Å². The highest BCUT2D eigenvalue weighted by Crippen LogP contribution is 2.34. The highest BCUT2D eigenvalue weighted by molar-refractivity contribution is 9.10. The predicted molar refractivity (Wildman–Crippen MR) is 100 cm³/mol. The van der Waals surface area contributed by atoms with E-state index in [0.29, 0.717) is 33.4 Å². The van der Waals surface area contributed by atoms with Crippen LogP contribution in [0, 0.1) is 11.8 Å². The molecular formula is C19H26BrNO4. The van der Waals surface area contributed by atoms with Crippen LogP contribution in [0.3, 0.4) is 0 Å². The Balaban J connectivity index is 2.07. The second-order valence-electron chi connectivity index (χ2n) is 6.78. The number of aldehydes is 1. The maximum absolute atomic E-state index is 12.5. The van der Waals surface area contributed by atoms with E-state index in [4.69, 9.17) is 9.47 Å². The lowest BCUT2D eigenvalue weighted by Crippen LogP contribution is -2.48. The second-order valence-corrected chi connectivity index (χ2v) is 7.64. The van der Waals surface area contributed by atoms with Gasteiger partial charge in [0.05, 0.1) is 7.11 Å². The number of amides is 1. The largest absolute Gasteiger partial charge is 0.493 e. The minimum Gasteiger partial charge on any atom is -0.493 e. The quantitative estimate of drug-likeness (QED) is 0.718. The van der Waals surface area contributed by atoms with Crippen molar-refractivity contribution in [1.29, 1.82) is 0 Å². The Morgan fingerprint density at radius 3 is 2.68 bits per heavy atom. The van der Waals surface area contributed by atoms with Gasteiger partial charge in [0.2, 0.25) is 0 Å². The van der Waals surface area contributed by atoms with Crippen molar-refractivity contribution in [1.82, 2.24) is 5.32 Å². The average Bonchev–Trinajstić information content (AvgIpc) is 2.59. The number of hydrogen-bond acceptors (Lipinski definition) is 4. The Kier molecular flexibility index (Phi) is 6.87. The summed E-state index contributed by atoms with van der Waals surface area (Å²) < 4.78 is 11.7. The molecule has 1 N–H and O–H groups in total. The molecule has 5 nitrogen and oxygen atoms in total. The summed E-state index contributed by atoms with van der Waals surface area (Å²) in [6.07, 6.45) is 3.39. The normalized spacial score (nSPS) is 24.3. The maximum atomic E-state index is 12.5. The third-order valence-corrected chi connectivity index (χ3v) is 5.80. The van der Waals surface area contributed by atoms with Gasteiger partial charge in [-0.15, -0.1) is 0 Å². The van der Waals surface area contributed by atoms with E-state index in [1.165, 1.54) is 13.5 Å². The fraction of sp³-hybridized carbons (Fsp3) is 0.579. The van der Waals surface area contributed by atoms with Crippen molar-refractivity contribution in [2.45, 2.75) is 52.2 Å². The number of carbonyl (C=O) groups is 2. The highest BCUT2D eigenvalue weighted by Gasteiger charge is 2.30. The fourth-order valence-corrected chi connectivity index (χ4v) is 3.64. The molecule has 6 heteroatoms. The Labute approximate surface area is 157 Å². The lowest BCUT2D eigenvalue weighted by atomic mass is 9.78. The molecule has 25 heavy (non-hydrogen) atoms.